The Hall–Kier alpha value is -2.75. The van der Waals surface area contributed by atoms with Gasteiger partial charge in [-0.1, -0.05) is 115 Å². The number of carbonyl (C=O) groups is 1. The molecule has 3 heteroatoms. The first-order valence-electron chi connectivity index (χ1n) is 10.5. The summed E-state index contributed by atoms with van der Waals surface area (Å²) in [4.78, 5) is 15.9. The van der Waals surface area contributed by atoms with Crippen molar-refractivity contribution in [3.8, 4) is 0 Å². The Morgan fingerprint density at radius 1 is 0.645 bits per heavy atom. The lowest BCUT2D eigenvalue weighted by atomic mass is 9.89. The summed E-state index contributed by atoms with van der Waals surface area (Å²) in [5.41, 5.74) is 5.41. The van der Waals surface area contributed by atoms with E-state index in [9.17, 15) is 4.79 Å². The van der Waals surface area contributed by atoms with Gasteiger partial charge in [0.25, 0.3) is 0 Å². The molecule has 0 atom stereocenters. The molecule has 2 aliphatic rings. The number of ketones is 1. The number of thioether (sulfide) groups is 2. The molecule has 5 rings (SSSR count). The molecule has 0 bridgehead atoms. The van der Waals surface area contributed by atoms with Gasteiger partial charge >= 0.3 is 0 Å². The summed E-state index contributed by atoms with van der Waals surface area (Å²) in [5.74, 6) is 0.215. The molecule has 1 heterocycles. The molecule has 0 radical (unpaired) electrons. The van der Waals surface area contributed by atoms with Crippen LogP contribution < -0.4 is 0 Å². The van der Waals surface area contributed by atoms with Crippen LogP contribution in [0.4, 0.5) is 0 Å². The fourth-order valence-electron chi connectivity index (χ4n) is 3.94. The lowest BCUT2D eigenvalue weighted by Crippen LogP contribution is -2.13. The van der Waals surface area contributed by atoms with Gasteiger partial charge in [-0.2, -0.15) is 0 Å². The molecular formula is C28H22OS2. The number of rotatable bonds is 3. The molecule has 1 aliphatic carbocycles. The van der Waals surface area contributed by atoms with Crippen molar-refractivity contribution in [2.24, 2.45) is 0 Å². The van der Waals surface area contributed by atoms with E-state index in [0.717, 1.165) is 40.2 Å². The average molecular weight is 439 g/mol. The molecule has 31 heavy (non-hydrogen) atoms. The van der Waals surface area contributed by atoms with Crippen molar-refractivity contribution in [2.45, 2.75) is 19.3 Å². The number of benzene rings is 3. The van der Waals surface area contributed by atoms with E-state index in [2.05, 4.69) is 66.7 Å². The predicted octanol–water partition coefficient (Wildman–Crippen LogP) is 8.04. The van der Waals surface area contributed by atoms with Gasteiger partial charge in [-0.05, 0) is 42.0 Å². The second-order valence-corrected chi connectivity index (χ2v) is 9.92. The maximum atomic E-state index is 13.4. The van der Waals surface area contributed by atoms with E-state index in [1.54, 1.807) is 23.5 Å². The minimum atomic E-state index is 0.215. The van der Waals surface area contributed by atoms with E-state index in [-0.39, 0.29) is 5.78 Å². The summed E-state index contributed by atoms with van der Waals surface area (Å²) >= 11 is 3.52. The Bertz CT molecular complexity index is 1140. The SMILES string of the molecule is O=C1C(=C2SC(c3ccccc3)=C(c3ccccc3)S2)CCC/C1=C\c1ccccc1. The van der Waals surface area contributed by atoms with Gasteiger partial charge in [0.15, 0.2) is 5.78 Å². The smallest absolute Gasteiger partial charge is 0.186 e. The molecule has 1 aliphatic heterocycles. The Kier molecular flexibility index (Phi) is 5.97. The molecular weight excluding hydrogens is 416 g/mol. The molecule has 0 saturated heterocycles. The molecule has 1 saturated carbocycles. The van der Waals surface area contributed by atoms with Crippen molar-refractivity contribution in [1.82, 2.24) is 0 Å². The zero-order chi connectivity index (χ0) is 21.0. The van der Waals surface area contributed by atoms with Gasteiger partial charge in [0.1, 0.15) is 0 Å². The van der Waals surface area contributed by atoms with Gasteiger partial charge in [0.2, 0.25) is 0 Å². The van der Waals surface area contributed by atoms with Gasteiger partial charge < -0.3 is 0 Å². The zero-order valence-electron chi connectivity index (χ0n) is 17.1. The third kappa shape index (κ3) is 4.34. The summed E-state index contributed by atoms with van der Waals surface area (Å²) < 4.78 is 1.14. The number of hydrogen-bond donors (Lipinski definition) is 0. The van der Waals surface area contributed by atoms with E-state index in [1.807, 2.05) is 30.3 Å². The fourth-order valence-corrected chi connectivity index (χ4v) is 6.79. The van der Waals surface area contributed by atoms with Crippen LogP contribution in [0.2, 0.25) is 0 Å². The molecule has 0 unspecified atom stereocenters. The normalized spacial score (nSPS) is 18.2. The van der Waals surface area contributed by atoms with Crippen LogP contribution in [-0.4, -0.2) is 5.78 Å². The van der Waals surface area contributed by atoms with Crippen molar-refractivity contribution in [3.05, 3.63) is 123 Å². The number of carbonyl (C=O) groups excluding carboxylic acids is 1. The van der Waals surface area contributed by atoms with Crippen LogP contribution in [-0.2, 0) is 4.79 Å². The van der Waals surface area contributed by atoms with Crippen molar-refractivity contribution < 1.29 is 4.79 Å². The molecule has 152 valence electrons. The molecule has 1 fully saturated rings. The third-order valence-corrected chi connectivity index (χ3v) is 8.27. The van der Waals surface area contributed by atoms with Crippen molar-refractivity contribution in [3.63, 3.8) is 0 Å². The number of Topliss-reactive ketones (excluding diaryl/α,β-unsaturated/α-hetero) is 1. The Balaban J connectivity index is 1.53. The van der Waals surface area contributed by atoms with Gasteiger partial charge in [0.05, 0.1) is 4.24 Å². The Morgan fingerprint density at radius 3 is 1.71 bits per heavy atom. The van der Waals surface area contributed by atoms with Crippen molar-refractivity contribution in [1.29, 1.82) is 0 Å². The molecule has 3 aromatic carbocycles. The molecule has 0 amide bonds. The summed E-state index contributed by atoms with van der Waals surface area (Å²) in [6, 6.07) is 31.2. The second-order valence-electron chi connectivity index (χ2n) is 7.62. The highest BCUT2D eigenvalue weighted by atomic mass is 32.2. The summed E-state index contributed by atoms with van der Waals surface area (Å²) in [6.07, 6.45) is 4.79. The highest BCUT2D eigenvalue weighted by molar-refractivity contribution is 8.34. The number of allylic oxidation sites excluding steroid dienone is 2. The number of hydrogen-bond acceptors (Lipinski definition) is 3. The summed E-state index contributed by atoms with van der Waals surface area (Å²) in [6.45, 7) is 0. The highest BCUT2D eigenvalue weighted by Gasteiger charge is 2.30. The predicted molar refractivity (Wildman–Crippen MR) is 135 cm³/mol. The lowest BCUT2D eigenvalue weighted by molar-refractivity contribution is -0.112. The largest absolute Gasteiger partial charge is 0.289 e. The minimum absolute atomic E-state index is 0.215. The zero-order valence-corrected chi connectivity index (χ0v) is 18.7. The van der Waals surface area contributed by atoms with E-state index < -0.39 is 0 Å². The van der Waals surface area contributed by atoms with Gasteiger partial charge in [0, 0.05) is 21.0 Å². The minimum Gasteiger partial charge on any atom is -0.289 e. The van der Waals surface area contributed by atoms with E-state index in [4.69, 9.17) is 0 Å². The Labute approximate surface area is 192 Å². The van der Waals surface area contributed by atoms with Gasteiger partial charge in [-0.25, -0.2) is 0 Å². The topological polar surface area (TPSA) is 17.1 Å². The first kappa shape index (κ1) is 20.2. The van der Waals surface area contributed by atoms with Crippen LogP contribution in [0.1, 0.15) is 36.0 Å². The third-order valence-electron chi connectivity index (χ3n) is 5.49. The molecule has 0 spiro atoms. The molecule has 0 aromatic heterocycles. The van der Waals surface area contributed by atoms with Crippen molar-refractivity contribution >= 4 is 45.2 Å². The van der Waals surface area contributed by atoms with Crippen LogP contribution >= 0.6 is 23.5 Å². The van der Waals surface area contributed by atoms with Crippen LogP contribution in [0.5, 0.6) is 0 Å². The fraction of sp³-hybridized carbons (Fsp3) is 0.107. The van der Waals surface area contributed by atoms with E-state index >= 15 is 0 Å². The highest BCUT2D eigenvalue weighted by Crippen LogP contribution is 2.59. The van der Waals surface area contributed by atoms with Crippen LogP contribution in [0.25, 0.3) is 15.9 Å². The van der Waals surface area contributed by atoms with Crippen LogP contribution in [0.15, 0.2) is 106 Å². The van der Waals surface area contributed by atoms with Gasteiger partial charge in [-0.3, -0.25) is 4.79 Å². The lowest BCUT2D eigenvalue weighted by Gasteiger charge is -2.18. The quantitative estimate of drug-likeness (QED) is 0.385. The molecule has 3 aromatic rings. The summed E-state index contributed by atoms with van der Waals surface area (Å²) in [5, 5.41) is 0. The average Bonchev–Trinajstić information content (AvgIpc) is 3.28. The monoisotopic (exact) mass is 438 g/mol. The first-order chi connectivity index (χ1) is 15.3. The summed E-state index contributed by atoms with van der Waals surface area (Å²) in [7, 11) is 0. The first-order valence-corrected chi connectivity index (χ1v) is 12.2. The van der Waals surface area contributed by atoms with Gasteiger partial charge in [-0.15, -0.1) is 0 Å². The van der Waals surface area contributed by atoms with Crippen LogP contribution in [0.3, 0.4) is 0 Å². The van der Waals surface area contributed by atoms with E-state index in [0.29, 0.717) is 0 Å². The van der Waals surface area contributed by atoms with Crippen LogP contribution in [0, 0.1) is 0 Å². The van der Waals surface area contributed by atoms with Crippen molar-refractivity contribution in [2.75, 3.05) is 0 Å². The maximum absolute atomic E-state index is 13.4. The second kappa shape index (κ2) is 9.17. The Morgan fingerprint density at radius 2 is 1.16 bits per heavy atom. The molecule has 1 nitrogen and oxygen atoms in total. The van der Waals surface area contributed by atoms with E-state index in [1.165, 1.54) is 20.9 Å². The standard InChI is InChI=1S/C28H22OS2/c29-25-23(19-20-11-4-1-5-12-20)17-10-18-24(25)28-30-26(21-13-6-2-7-14-21)27(31-28)22-15-8-3-9-16-22/h1-9,11-16,19H,10,17-18H2/b23-19+. The maximum Gasteiger partial charge on any atom is 0.186 e. The molecule has 0 N–H and O–H groups in total.